The monoisotopic (exact) mass is 949 g/mol. The number of aryl methyl sites for hydroxylation is 1. The predicted octanol–water partition coefficient (Wildman–Crippen LogP) is 7.78. The second-order valence-electron chi connectivity index (χ2n) is 16.5. The highest BCUT2D eigenvalue weighted by Gasteiger charge is 2.33. The summed E-state index contributed by atoms with van der Waals surface area (Å²) in [4.78, 5) is 45.0. The van der Waals surface area contributed by atoms with Gasteiger partial charge in [-0.3, -0.25) is 19.8 Å². The molecule has 2 aromatic heterocycles. The number of carbonyl (C=O) groups excluding carboxylic acids is 2. The second kappa shape index (κ2) is 18.7. The summed E-state index contributed by atoms with van der Waals surface area (Å²) in [6, 6.07) is 11.3. The van der Waals surface area contributed by atoms with E-state index in [1.807, 2.05) is 12.1 Å². The van der Waals surface area contributed by atoms with Crippen LogP contribution in [0.15, 0.2) is 52.6 Å². The molecule has 1 atom stereocenters. The van der Waals surface area contributed by atoms with Crippen LogP contribution in [0.4, 0.5) is 37.6 Å². The van der Waals surface area contributed by atoms with E-state index < -0.39 is 36.5 Å². The number of piperazine rings is 1. The first-order valence-corrected chi connectivity index (χ1v) is 25.3. The molecule has 3 N–H and O–H groups in total. The lowest BCUT2D eigenvalue weighted by atomic mass is 9.89. The maximum Gasteiger partial charge on any atom is 0.234 e. The van der Waals surface area contributed by atoms with E-state index in [0.29, 0.717) is 57.6 Å². The minimum atomic E-state index is -2.71. The van der Waals surface area contributed by atoms with Gasteiger partial charge in [0.15, 0.2) is 0 Å². The normalized spacial score (nSPS) is 18.3. The Morgan fingerprint density at radius 3 is 2.39 bits per heavy atom. The fraction of sp³-hybridized carbons (Fsp3) is 0.432. The average molecular weight is 951 g/mol. The smallest absolute Gasteiger partial charge is 0.234 e. The van der Waals surface area contributed by atoms with Gasteiger partial charge in [-0.2, -0.15) is 4.98 Å². The highest BCUT2D eigenvalue weighted by Crippen LogP contribution is 2.43. The number of fused-ring (bicyclic) bond motifs is 1. The molecule has 5 heterocycles. The van der Waals surface area contributed by atoms with Crippen LogP contribution in [-0.2, 0) is 27.0 Å². The Balaban J connectivity index is 0.864. The number of piperidine rings is 2. The van der Waals surface area contributed by atoms with Gasteiger partial charge in [0.2, 0.25) is 17.8 Å². The van der Waals surface area contributed by atoms with Gasteiger partial charge in [0.05, 0.1) is 49.9 Å². The van der Waals surface area contributed by atoms with Crippen molar-refractivity contribution in [2.24, 2.45) is 0 Å². The Labute approximate surface area is 372 Å². The van der Waals surface area contributed by atoms with Crippen molar-refractivity contribution >= 4 is 90.6 Å². The molecule has 2 amide bonds. The van der Waals surface area contributed by atoms with Gasteiger partial charge in [-0.25, -0.2) is 18.7 Å². The van der Waals surface area contributed by atoms with E-state index in [2.05, 4.69) is 75.6 Å². The largest absolute Gasteiger partial charge is 0.494 e. The number of rotatable bonds is 13. The molecule has 13 nitrogen and oxygen atoms in total. The summed E-state index contributed by atoms with van der Waals surface area (Å²) in [7, 11) is -1.04. The van der Waals surface area contributed by atoms with Crippen molar-refractivity contribution in [2.75, 3.05) is 81.8 Å². The number of methoxy groups -OCH3 is 1. The Morgan fingerprint density at radius 2 is 1.71 bits per heavy atom. The Morgan fingerprint density at radius 1 is 0.968 bits per heavy atom. The lowest BCUT2D eigenvalue weighted by Crippen LogP contribution is -2.53. The predicted molar refractivity (Wildman–Crippen MR) is 246 cm³/mol. The molecule has 1 unspecified atom stereocenters. The third-order valence-electron chi connectivity index (χ3n) is 12.2. The molecule has 328 valence electrons. The van der Waals surface area contributed by atoms with Crippen LogP contribution in [-0.4, -0.2) is 109 Å². The fourth-order valence-electron chi connectivity index (χ4n) is 8.98. The maximum atomic E-state index is 15.1. The first kappa shape index (κ1) is 44.1. The fourth-order valence-corrected chi connectivity index (χ4v) is 11.4. The summed E-state index contributed by atoms with van der Waals surface area (Å²) in [6.07, 6.45) is 5.25. The summed E-state index contributed by atoms with van der Waals surface area (Å²) in [6.45, 7) is 11.8. The third-order valence-corrected chi connectivity index (χ3v) is 15.1. The molecule has 5 aromatic rings. The van der Waals surface area contributed by atoms with Crippen molar-refractivity contribution < 1.29 is 27.7 Å². The quantitative estimate of drug-likeness (QED) is 0.0784. The molecule has 8 rings (SSSR count). The first-order valence-electron chi connectivity index (χ1n) is 21.0. The summed E-state index contributed by atoms with van der Waals surface area (Å²) in [5.41, 5.74) is 6.59. The van der Waals surface area contributed by atoms with Crippen molar-refractivity contribution in [1.82, 2.24) is 30.1 Å². The highest BCUT2D eigenvalue weighted by molar-refractivity contribution is 9.10. The van der Waals surface area contributed by atoms with E-state index in [0.717, 1.165) is 80.1 Å². The topological polar surface area (TPSA) is 145 Å². The second-order valence-corrected chi connectivity index (χ2v) is 21.4. The van der Waals surface area contributed by atoms with Gasteiger partial charge in [-0.15, -0.1) is 11.3 Å². The van der Waals surface area contributed by atoms with Crippen molar-refractivity contribution in [2.45, 2.75) is 57.4 Å². The third kappa shape index (κ3) is 9.52. The zero-order valence-electron chi connectivity index (χ0n) is 35.3. The van der Waals surface area contributed by atoms with Crippen LogP contribution in [0.2, 0.25) is 0 Å². The number of nitrogens with one attached hydrogen (secondary N) is 3. The lowest BCUT2D eigenvalue weighted by Gasteiger charge is -2.43. The van der Waals surface area contributed by atoms with Crippen LogP contribution in [0.25, 0.3) is 10.2 Å². The Kier molecular flexibility index (Phi) is 13.3. The van der Waals surface area contributed by atoms with E-state index in [1.165, 1.54) is 29.0 Å². The van der Waals surface area contributed by atoms with Crippen LogP contribution < -0.4 is 30.9 Å². The van der Waals surface area contributed by atoms with Gasteiger partial charge in [-0.05, 0) is 103 Å². The first-order chi connectivity index (χ1) is 29.8. The number of ether oxygens (including phenoxy) is 1. The van der Waals surface area contributed by atoms with Crippen LogP contribution in [0.3, 0.4) is 0 Å². The van der Waals surface area contributed by atoms with Crippen molar-refractivity contribution in [3.8, 4) is 5.75 Å². The molecule has 18 heteroatoms. The number of thiazole rings is 1. The maximum absolute atomic E-state index is 15.1. The molecule has 62 heavy (non-hydrogen) atoms. The SMILES string of the molecule is CCc1cc(Nc2ncc(Br)c(Nc3ccc4scnc4c3P(C)(C)=O)n2)c(OC)cc1N1CCC(N2CCN(CCc3cc(F)c(C4CCC(=O)NC4=O)c(F)c3)CC2)CC1. The van der Waals surface area contributed by atoms with Gasteiger partial charge in [0.25, 0.3) is 0 Å². The summed E-state index contributed by atoms with van der Waals surface area (Å²) in [5, 5.41) is 9.65. The van der Waals surface area contributed by atoms with Gasteiger partial charge < -0.3 is 29.7 Å². The van der Waals surface area contributed by atoms with Gasteiger partial charge in [0, 0.05) is 81.8 Å². The van der Waals surface area contributed by atoms with Crippen molar-refractivity contribution in [3.05, 3.63) is 80.9 Å². The molecule has 3 aliphatic rings. The number of hydrogen-bond acceptors (Lipinski definition) is 13. The molecular weight excluding hydrogens is 899 g/mol. The molecule has 0 radical (unpaired) electrons. The lowest BCUT2D eigenvalue weighted by molar-refractivity contribution is -0.134. The number of anilines is 5. The molecule has 0 spiro atoms. The number of halogens is 3. The molecule has 3 fully saturated rings. The zero-order valence-corrected chi connectivity index (χ0v) is 38.6. The van der Waals surface area contributed by atoms with E-state index >= 15 is 8.78 Å². The van der Waals surface area contributed by atoms with Crippen LogP contribution in [0.1, 0.15) is 55.2 Å². The van der Waals surface area contributed by atoms with Crippen LogP contribution in [0.5, 0.6) is 5.75 Å². The average Bonchev–Trinajstić information content (AvgIpc) is 3.73. The van der Waals surface area contributed by atoms with E-state index in [1.54, 1.807) is 32.1 Å². The molecular formula is C44H51BrF2N9O4PS. The summed E-state index contributed by atoms with van der Waals surface area (Å²) >= 11 is 5.11. The molecule has 3 aliphatic heterocycles. The summed E-state index contributed by atoms with van der Waals surface area (Å²) in [5.74, 6) is -1.94. The standard InChI is InChI=1S/C44H51BrF2N9O4PS/c1-5-27-22-34(51-44-48-24-30(45)42(53-44)50-33-7-8-37-40(49-25-62-37)41(33)61(3,4)59)36(60-2)23-35(27)56-14-11-28(12-15-56)55-18-16-54(17-19-55)13-10-26-20-31(46)39(32(47)21-26)29-6-9-38(57)52-43(29)58/h7-8,20-25,28-29H,5-6,9-19H2,1-4H3,(H,52,57,58)(H2,48,50,51,53). The van der Waals surface area contributed by atoms with Crippen LogP contribution >= 0.6 is 34.4 Å². The number of nitrogens with zero attached hydrogens (tertiary/aromatic N) is 6. The minimum absolute atomic E-state index is 0.0651. The van der Waals surface area contributed by atoms with E-state index in [4.69, 9.17) is 9.72 Å². The summed E-state index contributed by atoms with van der Waals surface area (Å²) < 4.78 is 51.2. The zero-order chi connectivity index (χ0) is 43.7. The number of carbonyl (C=O) groups is 2. The van der Waals surface area contributed by atoms with Crippen molar-refractivity contribution in [3.63, 3.8) is 0 Å². The van der Waals surface area contributed by atoms with Crippen LogP contribution in [0, 0.1) is 11.6 Å². The van der Waals surface area contributed by atoms with E-state index in [-0.39, 0.29) is 18.4 Å². The van der Waals surface area contributed by atoms with Gasteiger partial charge in [0.1, 0.15) is 30.3 Å². The molecule has 0 saturated carbocycles. The van der Waals surface area contributed by atoms with Gasteiger partial charge >= 0.3 is 0 Å². The Bertz CT molecular complexity index is 2520. The Hall–Kier alpha value is -4.54. The number of imide groups is 1. The van der Waals surface area contributed by atoms with E-state index in [9.17, 15) is 14.2 Å². The minimum Gasteiger partial charge on any atom is -0.494 e. The van der Waals surface area contributed by atoms with Gasteiger partial charge in [-0.1, -0.05) is 6.92 Å². The number of aromatic nitrogens is 3. The molecule has 0 aliphatic carbocycles. The molecule has 0 bridgehead atoms. The highest BCUT2D eigenvalue weighted by atomic mass is 79.9. The molecule has 3 aromatic carbocycles. The number of benzene rings is 3. The van der Waals surface area contributed by atoms with Crippen molar-refractivity contribution in [1.29, 1.82) is 0 Å². The number of amides is 2. The molecule has 3 saturated heterocycles. The number of hydrogen-bond donors (Lipinski definition) is 3.